The van der Waals surface area contributed by atoms with E-state index in [4.69, 9.17) is 0 Å². The minimum Gasteiger partial charge on any atom is -0.338 e. The number of H-pyrrole nitrogens is 1. The molecule has 0 radical (unpaired) electrons. The first-order valence-corrected chi connectivity index (χ1v) is 7.18. The molecule has 1 N–H and O–H groups in total. The van der Waals surface area contributed by atoms with Crippen molar-refractivity contribution in [2.45, 2.75) is 19.8 Å². The number of nitrogens with one attached hydrogen (secondary N) is 1. The zero-order chi connectivity index (χ0) is 14.7. The van der Waals surface area contributed by atoms with Gasteiger partial charge in [0.25, 0.3) is 0 Å². The van der Waals surface area contributed by atoms with Crippen molar-refractivity contribution in [3.05, 3.63) is 66.1 Å². The minimum absolute atomic E-state index is 0.248. The maximum Gasteiger partial charge on any atom is 0.138 e. The summed E-state index contributed by atoms with van der Waals surface area (Å²) in [6, 6.07) is 16.6. The summed E-state index contributed by atoms with van der Waals surface area (Å²) in [4.78, 5) is 8.01. The maximum absolute atomic E-state index is 13.4. The Balaban J connectivity index is 2.08. The Labute approximate surface area is 123 Å². The minimum atomic E-state index is -0.248. The van der Waals surface area contributed by atoms with E-state index < -0.39 is 0 Å². The predicted octanol–water partition coefficient (Wildman–Crippen LogP) is 4.84. The molecule has 0 aliphatic carbocycles. The smallest absolute Gasteiger partial charge is 0.138 e. The Bertz CT molecular complexity index is 732. The molecule has 0 aliphatic rings. The number of halogens is 1. The van der Waals surface area contributed by atoms with Crippen molar-refractivity contribution >= 4 is 0 Å². The van der Waals surface area contributed by atoms with E-state index >= 15 is 0 Å². The fourth-order valence-electron chi connectivity index (χ4n) is 2.44. The molecule has 0 bridgehead atoms. The van der Waals surface area contributed by atoms with Gasteiger partial charge in [0.2, 0.25) is 0 Å². The Hall–Kier alpha value is -2.42. The molecule has 0 spiro atoms. The summed E-state index contributed by atoms with van der Waals surface area (Å²) in [5.41, 5.74) is 3.94. The van der Waals surface area contributed by atoms with Crippen LogP contribution in [0.5, 0.6) is 0 Å². The molecule has 1 heterocycles. The van der Waals surface area contributed by atoms with Crippen molar-refractivity contribution in [3.63, 3.8) is 0 Å². The van der Waals surface area contributed by atoms with Gasteiger partial charge in [-0.05, 0) is 24.1 Å². The molecule has 2 nitrogen and oxygen atoms in total. The molecule has 106 valence electrons. The lowest BCUT2D eigenvalue weighted by Gasteiger charge is -2.00. The molecule has 3 aromatic rings. The van der Waals surface area contributed by atoms with Gasteiger partial charge >= 0.3 is 0 Å². The highest BCUT2D eigenvalue weighted by molar-refractivity contribution is 5.67. The van der Waals surface area contributed by atoms with Gasteiger partial charge in [0.15, 0.2) is 0 Å². The van der Waals surface area contributed by atoms with Crippen molar-refractivity contribution in [1.29, 1.82) is 0 Å². The number of aromatic nitrogens is 2. The molecule has 1 aromatic heterocycles. The van der Waals surface area contributed by atoms with Crippen LogP contribution in [0.15, 0.2) is 54.6 Å². The van der Waals surface area contributed by atoms with Crippen LogP contribution in [0.4, 0.5) is 4.39 Å². The van der Waals surface area contributed by atoms with Gasteiger partial charge in [-0.2, -0.15) is 0 Å². The Kier molecular flexibility index (Phi) is 3.82. The van der Waals surface area contributed by atoms with Crippen LogP contribution in [0, 0.1) is 5.82 Å². The van der Waals surface area contributed by atoms with Crippen LogP contribution in [0.25, 0.3) is 22.6 Å². The average molecular weight is 280 g/mol. The van der Waals surface area contributed by atoms with Gasteiger partial charge in [-0.3, -0.25) is 0 Å². The van der Waals surface area contributed by atoms with Gasteiger partial charge < -0.3 is 4.98 Å². The van der Waals surface area contributed by atoms with E-state index in [9.17, 15) is 4.39 Å². The molecule has 0 amide bonds. The Morgan fingerprint density at radius 3 is 2.48 bits per heavy atom. The fourth-order valence-corrected chi connectivity index (χ4v) is 2.44. The number of nitrogens with zero attached hydrogens (tertiary/aromatic N) is 1. The van der Waals surface area contributed by atoms with Crippen LogP contribution in [0.3, 0.4) is 0 Å². The van der Waals surface area contributed by atoms with Gasteiger partial charge in [0, 0.05) is 5.56 Å². The molecule has 0 saturated heterocycles. The molecule has 2 aromatic carbocycles. The maximum atomic E-state index is 13.4. The zero-order valence-electron chi connectivity index (χ0n) is 11.9. The average Bonchev–Trinajstić information content (AvgIpc) is 2.93. The topological polar surface area (TPSA) is 28.7 Å². The van der Waals surface area contributed by atoms with Crippen molar-refractivity contribution in [3.8, 4) is 22.6 Å². The first kappa shape index (κ1) is 13.6. The van der Waals surface area contributed by atoms with Gasteiger partial charge in [-0.15, -0.1) is 0 Å². The number of rotatable bonds is 4. The monoisotopic (exact) mass is 280 g/mol. The molecule has 3 heteroatoms. The number of hydrogen-bond acceptors (Lipinski definition) is 1. The third-order valence-corrected chi connectivity index (χ3v) is 3.43. The summed E-state index contributed by atoms with van der Waals surface area (Å²) in [5.74, 6) is 0.471. The van der Waals surface area contributed by atoms with Crippen LogP contribution in [0.1, 0.15) is 19.0 Å². The molecule has 0 unspecified atom stereocenters. The normalized spacial score (nSPS) is 10.8. The summed E-state index contributed by atoms with van der Waals surface area (Å²) >= 11 is 0. The molecule has 0 saturated carbocycles. The molecule has 21 heavy (non-hydrogen) atoms. The first-order chi connectivity index (χ1) is 10.3. The fraction of sp³-hybridized carbons (Fsp3) is 0.167. The lowest BCUT2D eigenvalue weighted by molar-refractivity contribution is 0.628. The summed E-state index contributed by atoms with van der Waals surface area (Å²) < 4.78 is 13.4. The van der Waals surface area contributed by atoms with E-state index in [0.717, 1.165) is 41.2 Å². The zero-order valence-corrected chi connectivity index (χ0v) is 11.9. The van der Waals surface area contributed by atoms with Crippen LogP contribution >= 0.6 is 0 Å². The number of hydrogen-bond donors (Lipinski definition) is 1. The summed E-state index contributed by atoms with van der Waals surface area (Å²) in [7, 11) is 0. The highest BCUT2D eigenvalue weighted by Crippen LogP contribution is 2.27. The SMILES string of the molecule is CCCc1nc(-c2cccc(F)c2)[nH]c1-c1ccccc1. The van der Waals surface area contributed by atoms with E-state index in [1.165, 1.54) is 12.1 Å². The number of imidazole rings is 1. The second kappa shape index (κ2) is 5.92. The van der Waals surface area contributed by atoms with Crippen molar-refractivity contribution in [1.82, 2.24) is 9.97 Å². The van der Waals surface area contributed by atoms with E-state index in [1.54, 1.807) is 6.07 Å². The highest BCUT2D eigenvalue weighted by Gasteiger charge is 2.12. The molecule has 0 fully saturated rings. The van der Waals surface area contributed by atoms with Crippen LogP contribution in [-0.4, -0.2) is 9.97 Å². The lowest BCUT2D eigenvalue weighted by atomic mass is 10.1. The first-order valence-electron chi connectivity index (χ1n) is 7.18. The van der Waals surface area contributed by atoms with Crippen molar-refractivity contribution in [2.75, 3.05) is 0 Å². The second-order valence-corrected chi connectivity index (χ2v) is 5.03. The van der Waals surface area contributed by atoms with E-state index in [-0.39, 0.29) is 5.82 Å². The molecule has 0 aliphatic heterocycles. The van der Waals surface area contributed by atoms with Gasteiger partial charge in [0.1, 0.15) is 11.6 Å². The largest absolute Gasteiger partial charge is 0.338 e. The third kappa shape index (κ3) is 2.87. The van der Waals surface area contributed by atoms with Crippen molar-refractivity contribution < 1.29 is 4.39 Å². The second-order valence-electron chi connectivity index (χ2n) is 5.03. The van der Waals surface area contributed by atoms with Gasteiger partial charge in [0.05, 0.1) is 11.4 Å². The lowest BCUT2D eigenvalue weighted by Crippen LogP contribution is -1.87. The van der Waals surface area contributed by atoms with Gasteiger partial charge in [-0.25, -0.2) is 9.37 Å². The molecule has 3 rings (SSSR count). The molecular formula is C18H17FN2. The Morgan fingerprint density at radius 1 is 1.00 bits per heavy atom. The van der Waals surface area contributed by atoms with Crippen LogP contribution in [-0.2, 0) is 6.42 Å². The molecule has 0 atom stereocenters. The number of benzene rings is 2. The number of aromatic amines is 1. The Morgan fingerprint density at radius 2 is 1.76 bits per heavy atom. The summed E-state index contributed by atoms with van der Waals surface area (Å²) in [5, 5.41) is 0. The third-order valence-electron chi connectivity index (χ3n) is 3.43. The van der Waals surface area contributed by atoms with Crippen LogP contribution in [0.2, 0.25) is 0 Å². The number of aryl methyl sites for hydroxylation is 1. The summed E-state index contributed by atoms with van der Waals surface area (Å²) in [6.45, 7) is 2.13. The molecular weight excluding hydrogens is 263 g/mol. The van der Waals surface area contributed by atoms with Crippen molar-refractivity contribution in [2.24, 2.45) is 0 Å². The van der Waals surface area contributed by atoms with E-state index in [1.807, 2.05) is 24.3 Å². The summed E-state index contributed by atoms with van der Waals surface area (Å²) in [6.07, 6.45) is 1.92. The quantitative estimate of drug-likeness (QED) is 0.728. The van der Waals surface area contributed by atoms with E-state index in [0.29, 0.717) is 0 Å². The standard InChI is InChI=1S/C18H17FN2/c1-2-7-16-17(13-8-4-3-5-9-13)21-18(20-16)14-10-6-11-15(19)12-14/h3-6,8-12H,2,7H2,1H3,(H,20,21). The van der Waals surface area contributed by atoms with Crippen LogP contribution < -0.4 is 0 Å². The highest BCUT2D eigenvalue weighted by atomic mass is 19.1. The van der Waals surface area contributed by atoms with E-state index in [2.05, 4.69) is 29.0 Å². The van der Waals surface area contributed by atoms with Gasteiger partial charge in [-0.1, -0.05) is 55.8 Å². The predicted molar refractivity (Wildman–Crippen MR) is 83.4 cm³/mol.